The van der Waals surface area contributed by atoms with Crippen molar-refractivity contribution in [3.63, 3.8) is 0 Å². The monoisotopic (exact) mass is 245 g/mol. The fourth-order valence-electron chi connectivity index (χ4n) is 1.34. The zero-order chi connectivity index (χ0) is 13.2. The summed E-state index contributed by atoms with van der Waals surface area (Å²) in [5, 5.41) is 12.2. The second-order valence-electron chi connectivity index (χ2n) is 4.55. The van der Waals surface area contributed by atoms with Crippen LogP contribution >= 0.6 is 0 Å². The molecule has 0 unspecified atom stereocenters. The van der Waals surface area contributed by atoms with E-state index in [-0.39, 0.29) is 23.5 Å². The molecule has 0 aromatic heterocycles. The number of anilines is 2. The Morgan fingerprint density at radius 1 is 1.35 bits per heavy atom. The second-order valence-corrected chi connectivity index (χ2v) is 4.55. The van der Waals surface area contributed by atoms with Gasteiger partial charge in [-0.3, -0.25) is 5.84 Å². The number of hydrazine groups is 1. The van der Waals surface area contributed by atoms with Crippen LogP contribution < -0.4 is 16.6 Å². The highest BCUT2D eigenvalue weighted by Gasteiger charge is 2.19. The minimum atomic E-state index is -1.04. The summed E-state index contributed by atoms with van der Waals surface area (Å²) in [5.41, 5.74) is 1.56. The molecule has 0 atom stereocenters. The Morgan fingerprint density at radius 2 is 1.94 bits per heavy atom. The fraction of sp³-hybridized carbons (Fsp3) is 0.455. The van der Waals surface area contributed by atoms with Gasteiger partial charge in [-0.05, 0) is 32.4 Å². The Balaban J connectivity index is 3.09. The third kappa shape index (κ3) is 3.28. The van der Waals surface area contributed by atoms with Crippen molar-refractivity contribution < 1.29 is 13.9 Å². The van der Waals surface area contributed by atoms with E-state index in [2.05, 4.69) is 10.7 Å². The second kappa shape index (κ2) is 4.85. The number of nitrogens with two attached hydrogens (primary N) is 1. The van der Waals surface area contributed by atoms with Crippen molar-refractivity contribution in [1.29, 1.82) is 0 Å². The number of aryl methyl sites for hydroxylation is 1. The van der Waals surface area contributed by atoms with Crippen molar-refractivity contribution in [3.05, 3.63) is 23.3 Å². The molecule has 0 bridgehead atoms. The first-order valence-electron chi connectivity index (χ1n) is 5.17. The molecule has 0 amide bonds. The highest BCUT2D eigenvalue weighted by Crippen LogP contribution is 2.29. The van der Waals surface area contributed by atoms with Gasteiger partial charge in [-0.1, -0.05) is 0 Å². The lowest BCUT2D eigenvalue weighted by atomic mass is 10.1. The molecule has 0 heterocycles. The van der Waals surface area contributed by atoms with E-state index in [9.17, 15) is 13.9 Å². The molecule has 0 aliphatic carbocycles. The van der Waals surface area contributed by atoms with Crippen molar-refractivity contribution in [2.75, 3.05) is 17.3 Å². The van der Waals surface area contributed by atoms with Gasteiger partial charge in [0.25, 0.3) is 0 Å². The van der Waals surface area contributed by atoms with E-state index in [0.29, 0.717) is 0 Å². The highest BCUT2D eigenvalue weighted by atomic mass is 19.2. The van der Waals surface area contributed by atoms with Crippen LogP contribution in [0.4, 0.5) is 20.2 Å². The summed E-state index contributed by atoms with van der Waals surface area (Å²) in [6, 6.07) is 1.39. The number of benzene rings is 1. The summed E-state index contributed by atoms with van der Waals surface area (Å²) in [6.07, 6.45) is 0. The predicted octanol–water partition coefficient (Wildman–Crippen LogP) is 1.74. The van der Waals surface area contributed by atoms with E-state index in [1.807, 2.05) is 0 Å². The van der Waals surface area contributed by atoms with Crippen LogP contribution in [-0.4, -0.2) is 17.3 Å². The quantitative estimate of drug-likeness (QED) is 0.482. The van der Waals surface area contributed by atoms with Crippen LogP contribution in [0.3, 0.4) is 0 Å². The van der Waals surface area contributed by atoms with Gasteiger partial charge >= 0.3 is 0 Å². The van der Waals surface area contributed by atoms with Crippen molar-refractivity contribution in [2.24, 2.45) is 5.84 Å². The zero-order valence-corrected chi connectivity index (χ0v) is 10.1. The highest BCUT2D eigenvalue weighted by molar-refractivity contribution is 5.70. The molecule has 1 rings (SSSR count). The Hall–Kier alpha value is -1.40. The van der Waals surface area contributed by atoms with Gasteiger partial charge in [-0.2, -0.15) is 0 Å². The standard InChI is InChI=1S/C11H17F2N3O/c1-6-4-7(16-14)10(9(13)8(6)12)15-5-11(2,3)17/h4,15-17H,5,14H2,1-3H3. The average molecular weight is 245 g/mol. The first-order chi connectivity index (χ1) is 7.76. The molecule has 5 N–H and O–H groups in total. The molecule has 0 saturated carbocycles. The molecule has 0 spiro atoms. The van der Waals surface area contributed by atoms with Crippen LogP contribution in [0, 0.1) is 18.6 Å². The van der Waals surface area contributed by atoms with Gasteiger partial charge < -0.3 is 15.8 Å². The number of rotatable bonds is 4. The molecular weight excluding hydrogens is 228 g/mol. The molecule has 0 fully saturated rings. The van der Waals surface area contributed by atoms with Crippen LogP contribution in [0.15, 0.2) is 6.07 Å². The number of hydrogen-bond acceptors (Lipinski definition) is 4. The van der Waals surface area contributed by atoms with Gasteiger partial charge in [-0.25, -0.2) is 8.78 Å². The van der Waals surface area contributed by atoms with Crippen molar-refractivity contribution >= 4 is 11.4 Å². The molecule has 1 aromatic carbocycles. The lowest BCUT2D eigenvalue weighted by Crippen LogP contribution is -2.30. The number of halogens is 2. The minimum absolute atomic E-state index is 0.0705. The smallest absolute Gasteiger partial charge is 0.184 e. The largest absolute Gasteiger partial charge is 0.389 e. The van der Waals surface area contributed by atoms with E-state index < -0.39 is 17.2 Å². The summed E-state index contributed by atoms with van der Waals surface area (Å²) in [4.78, 5) is 0. The third-order valence-corrected chi connectivity index (χ3v) is 2.24. The SMILES string of the molecule is Cc1cc(NN)c(NCC(C)(C)O)c(F)c1F. The van der Waals surface area contributed by atoms with Crippen molar-refractivity contribution in [2.45, 2.75) is 26.4 Å². The van der Waals surface area contributed by atoms with Crippen LogP contribution in [0.25, 0.3) is 0 Å². The summed E-state index contributed by atoms with van der Waals surface area (Å²) in [7, 11) is 0. The molecule has 96 valence electrons. The summed E-state index contributed by atoms with van der Waals surface area (Å²) >= 11 is 0. The summed E-state index contributed by atoms with van der Waals surface area (Å²) in [5.74, 6) is 3.30. The van der Waals surface area contributed by atoms with E-state index in [0.717, 1.165) is 0 Å². The average Bonchev–Trinajstić information content (AvgIpc) is 2.22. The number of nitrogen functional groups attached to an aromatic ring is 1. The van der Waals surface area contributed by atoms with Crippen LogP contribution in [-0.2, 0) is 0 Å². The molecule has 1 aromatic rings. The Bertz CT molecular complexity index is 416. The maximum absolute atomic E-state index is 13.7. The molecule has 17 heavy (non-hydrogen) atoms. The van der Waals surface area contributed by atoms with Crippen molar-refractivity contribution in [3.8, 4) is 0 Å². The van der Waals surface area contributed by atoms with Gasteiger partial charge in [-0.15, -0.1) is 0 Å². The van der Waals surface area contributed by atoms with E-state index in [1.54, 1.807) is 13.8 Å². The lowest BCUT2D eigenvalue weighted by Gasteiger charge is -2.21. The normalized spacial score (nSPS) is 11.5. The lowest BCUT2D eigenvalue weighted by molar-refractivity contribution is 0.0944. The van der Waals surface area contributed by atoms with Gasteiger partial charge in [0.1, 0.15) is 0 Å². The Labute approximate surface area is 98.8 Å². The molecule has 0 saturated heterocycles. The van der Waals surface area contributed by atoms with Crippen LogP contribution in [0.1, 0.15) is 19.4 Å². The molecule has 0 aliphatic heterocycles. The first-order valence-corrected chi connectivity index (χ1v) is 5.17. The Kier molecular flexibility index (Phi) is 3.90. The van der Waals surface area contributed by atoms with Crippen LogP contribution in [0.5, 0.6) is 0 Å². The number of hydrogen-bond donors (Lipinski definition) is 4. The van der Waals surface area contributed by atoms with Gasteiger partial charge in [0.2, 0.25) is 0 Å². The summed E-state index contributed by atoms with van der Waals surface area (Å²) < 4.78 is 27.1. The zero-order valence-electron chi connectivity index (χ0n) is 10.1. The summed E-state index contributed by atoms with van der Waals surface area (Å²) in [6.45, 7) is 4.62. The van der Waals surface area contributed by atoms with E-state index in [4.69, 9.17) is 5.84 Å². The molecule has 6 heteroatoms. The molecular formula is C11H17F2N3O. The minimum Gasteiger partial charge on any atom is -0.389 e. The number of aliphatic hydroxyl groups is 1. The Morgan fingerprint density at radius 3 is 2.41 bits per heavy atom. The predicted molar refractivity (Wildman–Crippen MR) is 63.7 cm³/mol. The maximum Gasteiger partial charge on any atom is 0.184 e. The van der Waals surface area contributed by atoms with Gasteiger partial charge in [0.15, 0.2) is 11.6 Å². The van der Waals surface area contributed by atoms with E-state index in [1.165, 1.54) is 13.0 Å². The van der Waals surface area contributed by atoms with Crippen LogP contribution in [0.2, 0.25) is 0 Å². The number of nitrogens with one attached hydrogen (secondary N) is 2. The topological polar surface area (TPSA) is 70.3 Å². The third-order valence-electron chi connectivity index (χ3n) is 2.24. The van der Waals surface area contributed by atoms with E-state index >= 15 is 0 Å². The van der Waals surface area contributed by atoms with Crippen molar-refractivity contribution in [1.82, 2.24) is 0 Å². The fourth-order valence-corrected chi connectivity index (χ4v) is 1.34. The maximum atomic E-state index is 13.7. The van der Waals surface area contributed by atoms with Gasteiger partial charge in [0, 0.05) is 6.54 Å². The van der Waals surface area contributed by atoms with Gasteiger partial charge in [0.05, 0.1) is 17.0 Å². The molecule has 4 nitrogen and oxygen atoms in total. The molecule has 0 aliphatic rings. The first kappa shape index (κ1) is 13.7. The molecule has 0 radical (unpaired) electrons.